The summed E-state index contributed by atoms with van der Waals surface area (Å²) in [5.41, 5.74) is 4.10. The first-order chi connectivity index (χ1) is 16.7. The Hall–Kier alpha value is -3.63. The lowest BCUT2D eigenvalue weighted by Crippen LogP contribution is -2.13. The first-order valence-corrected chi connectivity index (χ1v) is 12.6. The van der Waals surface area contributed by atoms with Crippen molar-refractivity contribution in [3.63, 3.8) is 0 Å². The van der Waals surface area contributed by atoms with Gasteiger partial charge in [0.25, 0.3) is 11.8 Å². The highest BCUT2D eigenvalue weighted by molar-refractivity contribution is 7.92. The summed E-state index contributed by atoms with van der Waals surface area (Å²) in [6.07, 6.45) is 1.63. The van der Waals surface area contributed by atoms with Crippen molar-refractivity contribution in [2.45, 2.75) is 37.5 Å². The van der Waals surface area contributed by atoms with Crippen LogP contribution in [0.15, 0.2) is 58.0 Å². The Bertz CT molecular complexity index is 1450. The van der Waals surface area contributed by atoms with Crippen molar-refractivity contribution in [1.82, 2.24) is 25.5 Å². The number of benzene rings is 2. The number of sulfone groups is 1. The van der Waals surface area contributed by atoms with E-state index < -0.39 is 15.1 Å². The van der Waals surface area contributed by atoms with Gasteiger partial charge in [0.05, 0.1) is 40.4 Å². The number of hydrogen-bond donors (Lipinski definition) is 1. The van der Waals surface area contributed by atoms with Crippen LogP contribution in [0.4, 0.5) is 0 Å². The lowest BCUT2D eigenvalue weighted by atomic mass is 10.1. The highest BCUT2D eigenvalue weighted by Gasteiger charge is 2.21. The zero-order valence-electron chi connectivity index (χ0n) is 20.2. The molecule has 2 heterocycles. The number of aromatic nitrogens is 4. The first kappa shape index (κ1) is 24.5. The van der Waals surface area contributed by atoms with Gasteiger partial charge in [0.1, 0.15) is 11.4 Å². The molecule has 9 nitrogen and oxygen atoms in total. The van der Waals surface area contributed by atoms with Crippen LogP contribution in [0.1, 0.15) is 25.1 Å². The molecule has 0 aliphatic heterocycles. The van der Waals surface area contributed by atoms with E-state index in [1.807, 2.05) is 25.2 Å². The maximum Gasteiger partial charge on any atom is 0.268 e. The van der Waals surface area contributed by atoms with E-state index in [0.717, 1.165) is 11.1 Å². The predicted octanol–water partition coefficient (Wildman–Crippen LogP) is 4.08. The van der Waals surface area contributed by atoms with Gasteiger partial charge in [0, 0.05) is 12.1 Å². The Morgan fingerprint density at radius 1 is 1.06 bits per heavy atom. The average Bonchev–Trinajstić information content (AvgIpc) is 3.34. The smallest absolute Gasteiger partial charge is 0.268 e. The van der Waals surface area contributed by atoms with E-state index in [2.05, 4.69) is 25.5 Å². The fourth-order valence-corrected chi connectivity index (χ4v) is 4.59. The second kappa shape index (κ2) is 9.93. The third kappa shape index (κ3) is 4.94. The number of nitrogens with zero attached hydrogens (tertiary/aromatic N) is 4. The van der Waals surface area contributed by atoms with Crippen LogP contribution in [0.3, 0.4) is 0 Å². The Morgan fingerprint density at radius 3 is 2.43 bits per heavy atom. The van der Waals surface area contributed by atoms with Crippen LogP contribution in [0.5, 0.6) is 5.75 Å². The zero-order valence-corrected chi connectivity index (χ0v) is 21.0. The molecule has 4 rings (SSSR count). The number of aryl methyl sites for hydroxylation is 1. The Labute approximate surface area is 204 Å². The molecule has 0 saturated carbocycles. The Morgan fingerprint density at radius 2 is 1.77 bits per heavy atom. The molecule has 0 spiro atoms. The van der Waals surface area contributed by atoms with Gasteiger partial charge in [-0.1, -0.05) is 18.2 Å². The van der Waals surface area contributed by atoms with Gasteiger partial charge in [-0.25, -0.2) is 13.4 Å². The third-order valence-corrected chi connectivity index (χ3v) is 7.73. The van der Waals surface area contributed by atoms with Crippen molar-refractivity contribution < 1.29 is 17.6 Å². The van der Waals surface area contributed by atoms with Gasteiger partial charge >= 0.3 is 0 Å². The molecular formula is C25H27N5O4S. The fraction of sp³-hybridized carbons (Fsp3) is 0.280. The minimum atomic E-state index is -3.35. The molecule has 4 aromatic rings. The predicted molar refractivity (Wildman–Crippen MR) is 133 cm³/mol. The number of rotatable bonds is 8. The molecule has 0 unspecified atom stereocenters. The summed E-state index contributed by atoms with van der Waals surface area (Å²) < 4.78 is 36.3. The zero-order chi connectivity index (χ0) is 25.2. The van der Waals surface area contributed by atoms with Crippen LogP contribution in [-0.2, 0) is 16.4 Å². The molecule has 0 fully saturated rings. The van der Waals surface area contributed by atoms with E-state index >= 15 is 0 Å². The number of methoxy groups -OCH3 is 1. The Balaban J connectivity index is 1.67. The van der Waals surface area contributed by atoms with Crippen molar-refractivity contribution in [2.24, 2.45) is 0 Å². The number of ether oxygens (including phenoxy) is 1. The summed E-state index contributed by atoms with van der Waals surface area (Å²) in [5.74, 6) is 1.16. The van der Waals surface area contributed by atoms with Crippen molar-refractivity contribution in [2.75, 3.05) is 14.2 Å². The van der Waals surface area contributed by atoms with E-state index in [0.29, 0.717) is 40.8 Å². The third-order valence-electron chi connectivity index (χ3n) is 5.56. The number of hydrogen-bond acceptors (Lipinski definition) is 9. The summed E-state index contributed by atoms with van der Waals surface area (Å²) in [6.45, 7) is 5.83. The molecule has 0 radical (unpaired) electrons. The van der Waals surface area contributed by atoms with Gasteiger partial charge in [0.15, 0.2) is 9.84 Å². The van der Waals surface area contributed by atoms with E-state index in [-0.39, 0.29) is 10.8 Å². The molecule has 0 amide bonds. The van der Waals surface area contributed by atoms with E-state index in [1.165, 1.54) is 0 Å². The minimum absolute atomic E-state index is 0.229. The SMILES string of the molecule is CNCc1ccc(-c2nnc(-c3nc(-c4ccc(S(=O)(=O)C(C)C)cc4)cnc3C)o2)c(OC)c1. The fourth-order valence-electron chi connectivity index (χ4n) is 3.53. The average molecular weight is 494 g/mol. The van der Waals surface area contributed by atoms with Gasteiger partial charge in [-0.15, -0.1) is 10.2 Å². The maximum atomic E-state index is 12.4. The largest absolute Gasteiger partial charge is 0.496 e. The summed E-state index contributed by atoms with van der Waals surface area (Å²) in [5, 5.41) is 11.0. The van der Waals surface area contributed by atoms with Crippen molar-refractivity contribution in [1.29, 1.82) is 0 Å². The topological polar surface area (TPSA) is 120 Å². The van der Waals surface area contributed by atoms with Gasteiger partial charge in [0.2, 0.25) is 0 Å². The van der Waals surface area contributed by atoms with Crippen molar-refractivity contribution in [3.8, 4) is 40.0 Å². The summed E-state index contributed by atoms with van der Waals surface area (Å²) >= 11 is 0. The molecule has 2 aromatic carbocycles. The quantitative estimate of drug-likeness (QED) is 0.387. The molecule has 0 atom stereocenters. The van der Waals surface area contributed by atoms with E-state index in [4.69, 9.17) is 9.15 Å². The van der Waals surface area contributed by atoms with Crippen LogP contribution in [0.25, 0.3) is 34.3 Å². The van der Waals surface area contributed by atoms with Crippen molar-refractivity contribution >= 4 is 9.84 Å². The van der Waals surface area contributed by atoms with Gasteiger partial charge in [-0.2, -0.15) is 0 Å². The molecular weight excluding hydrogens is 466 g/mol. The van der Waals surface area contributed by atoms with Gasteiger partial charge in [-0.3, -0.25) is 4.98 Å². The highest BCUT2D eigenvalue weighted by Crippen LogP contribution is 2.32. The van der Waals surface area contributed by atoms with Crippen LogP contribution in [-0.4, -0.2) is 48.0 Å². The van der Waals surface area contributed by atoms with Crippen LogP contribution in [0, 0.1) is 6.92 Å². The van der Waals surface area contributed by atoms with Crippen molar-refractivity contribution in [3.05, 3.63) is 59.9 Å². The monoisotopic (exact) mass is 493 g/mol. The second-order valence-corrected chi connectivity index (χ2v) is 10.8. The molecule has 1 N–H and O–H groups in total. The lowest BCUT2D eigenvalue weighted by molar-refractivity contribution is 0.413. The summed E-state index contributed by atoms with van der Waals surface area (Å²) in [4.78, 5) is 9.39. The number of nitrogens with one attached hydrogen (secondary N) is 1. The molecule has 182 valence electrons. The Kier molecular flexibility index (Phi) is 6.95. The second-order valence-electron chi connectivity index (χ2n) is 8.28. The standard InChI is InChI=1S/C25H27N5O4S/c1-15(2)35(31,32)19-9-7-18(8-10-19)21-14-27-16(3)23(28-21)25-30-29-24(34-25)20-11-6-17(13-26-4)12-22(20)33-5/h6-12,14-15,26H,13H2,1-5H3. The first-order valence-electron chi connectivity index (χ1n) is 11.1. The minimum Gasteiger partial charge on any atom is -0.496 e. The van der Waals surface area contributed by atoms with E-state index in [9.17, 15) is 8.42 Å². The van der Waals surface area contributed by atoms with Gasteiger partial charge in [-0.05, 0) is 57.6 Å². The maximum absolute atomic E-state index is 12.4. The normalized spacial score (nSPS) is 11.7. The molecule has 0 aliphatic carbocycles. The summed E-state index contributed by atoms with van der Waals surface area (Å²) in [6, 6.07) is 12.4. The molecule has 0 bridgehead atoms. The molecule has 10 heteroatoms. The molecule has 35 heavy (non-hydrogen) atoms. The molecule has 0 aliphatic rings. The molecule has 2 aromatic heterocycles. The van der Waals surface area contributed by atoms with Gasteiger partial charge < -0.3 is 14.5 Å². The van der Waals surface area contributed by atoms with E-state index in [1.54, 1.807) is 58.3 Å². The lowest BCUT2D eigenvalue weighted by Gasteiger charge is -2.09. The highest BCUT2D eigenvalue weighted by atomic mass is 32.2. The van der Waals surface area contributed by atoms with Crippen LogP contribution >= 0.6 is 0 Å². The van der Waals surface area contributed by atoms with Crippen LogP contribution < -0.4 is 10.1 Å². The molecule has 0 saturated heterocycles. The van der Waals surface area contributed by atoms with Crippen LogP contribution in [0.2, 0.25) is 0 Å². The summed E-state index contributed by atoms with van der Waals surface area (Å²) in [7, 11) is 0.120.